The second-order valence-corrected chi connectivity index (χ2v) is 3.22. The zero-order valence-corrected chi connectivity index (χ0v) is 9.83. The van der Waals surface area contributed by atoms with E-state index in [9.17, 15) is 9.59 Å². The molecule has 0 spiro atoms. The summed E-state index contributed by atoms with van der Waals surface area (Å²) in [6.45, 7) is 3.27. The van der Waals surface area contributed by atoms with E-state index in [-0.39, 0.29) is 13.2 Å². The van der Waals surface area contributed by atoms with E-state index in [0.29, 0.717) is 6.42 Å². The van der Waals surface area contributed by atoms with Gasteiger partial charge in [0.25, 0.3) is 0 Å². The molecule has 0 unspecified atom stereocenters. The van der Waals surface area contributed by atoms with Crippen LogP contribution in [0.4, 0.5) is 0 Å². The Balaban J connectivity index is 2.11. The summed E-state index contributed by atoms with van der Waals surface area (Å²) in [5.41, 5.74) is 0. The Morgan fingerprint density at radius 2 is 2.00 bits per heavy atom. The number of carbonyl (C=O) groups excluding carboxylic acids is 2. The molecule has 0 radical (unpaired) electrons. The third-order valence-electron chi connectivity index (χ3n) is 1.89. The van der Waals surface area contributed by atoms with Crippen LogP contribution in [0.2, 0.25) is 0 Å². The van der Waals surface area contributed by atoms with E-state index >= 15 is 0 Å². The van der Waals surface area contributed by atoms with E-state index in [1.54, 1.807) is 18.4 Å². The predicted octanol–water partition coefficient (Wildman–Crippen LogP) is 1.65. The fraction of sp³-hybridized carbons (Fsp3) is 0.231. The average molecular weight is 250 g/mol. The van der Waals surface area contributed by atoms with Crippen molar-refractivity contribution in [1.29, 1.82) is 0 Å². The lowest BCUT2D eigenvalue weighted by molar-refractivity contribution is -0.146. The minimum Gasteiger partial charge on any atom is -0.469 e. The highest BCUT2D eigenvalue weighted by Crippen LogP contribution is 2.01. The molecule has 0 N–H and O–H groups in total. The first kappa shape index (κ1) is 13.8. The quantitative estimate of drug-likeness (QED) is 0.418. The molecule has 0 aliphatic carbocycles. The van der Waals surface area contributed by atoms with Gasteiger partial charge < -0.3 is 13.9 Å². The van der Waals surface area contributed by atoms with Crippen molar-refractivity contribution in [1.82, 2.24) is 0 Å². The molecule has 5 nitrogen and oxygen atoms in total. The normalized spacial score (nSPS) is 10.2. The number of carbonyl (C=O) groups is 2. The molecule has 0 atom stereocenters. The van der Waals surface area contributed by atoms with Gasteiger partial charge in [0.15, 0.2) is 0 Å². The highest BCUT2D eigenvalue weighted by Gasteiger charge is 1.99. The molecule has 0 aromatic carbocycles. The second kappa shape index (κ2) is 7.89. The van der Waals surface area contributed by atoms with E-state index in [0.717, 1.165) is 11.8 Å². The molecule has 0 bridgehead atoms. The van der Waals surface area contributed by atoms with Crippen molar-refractivity contribution in [2.24, 2.45) is 0 Å². The maximum absolute atomic E-state index is 11.2. The number of hydrogen-bond acceptors (Lipinski definition) is 5. The lowest BCUT2D eigenvalue weighted by Crippen LogP contribution is -2.11. The molecule has 18 heavy (non-hydrogen) atoms. The third kappa shape index (κ3) is 5.69. The molecular weight excluding hydrogens is 236 g/mol. The maximum Gasteiger partial charge on any atom is 0.330 e. The lowest BCUT2D eigenvalue weighted by atomic mass is 10.3. The molecule has 1 aromatic rings. The minimum atomic E-state index is -0.542. The molecule has 0 fully saturated rings. The van der Waals surface area contributed by atoms with Crippen LogP contribution in [0.15, 0.2) is 47.6 Å². The lowest BCUT2D eigenvalue weighted by Gasteiger charge is -2.02. The summed E-state index contributed by atoms with van der Waals surface area (Å²) in [6, 6.07) is 3.58. The first-order valence-electron chi connectivity index (χ1n) is 5.37. The number of rotatable bonds is 7. The van der Waals surface area contributed by atoms with Crippen molar-refractivity contribution in [3.8, 4) is 0 Å². The monoisotopic (exact) mass is 250 g/mol. The Morgan fingerprint density at radius 1 is 1.28 bits per heavy atom. The van der Waals surface area contributed by atoms with E-state index < -0.39 is 11.9 Å². The Labute approximate surface area is 105 Å². The number of esters is 2. The van der Waals surface area contributed by atoms with Gasteiger partial charge in [0.2, 0.25) is 0 Å². The van der Waals surface area contributed by atoms with Crippen molar-refractivity contribution in [2.75, 3.05) is 13.2 Å². The maximum atomic E-state index is 11.2. The van der Waals surface area contributed by atoms with E-state index in [1.807, 2.05) is 6.07 Å². The summed E-state index contributed by atoms with van der Waals surface area (Å²) in [7, 11) is 0. The van der Waals surface area contributed by atoms with Gasteiger partial charge in [0.05, 0.1) is 6.26 Å². The van der Waals surface area contributed by atoms with Crippen LogP contribution < -0.4 is 0 Å². The topological polar surface area (TPSA) is 65.7 Å². The molecule has 1 heterocycles. The molecule has 1 rings (SSSR count). The van der Waals surface area contributed by atoms with Gasteiger partial charge in [-0.3, -0.25) is 0 Å². The van der Waals surface area contributed by atoms with Crippen LogP contribution in [0, 0.1) is 0 Å². The summed E-state index contributed by atoms with van der Waals surface area (Å²) >= 11 is 0. The van der Waals surface area contributed by atoms with Crippen LogP contribution in [0.5, 0.6) is 0 Å². The van der Waals surface area contributed by atoms with Crippen molar-refractivity contribution in [3.63, 3.8) is 0 Å². The Morgan fingerprint density at radius 3 is 2.61 bits per heavy atom. The number of allylic oxidation sites excluding steroid dienone is 1. The van der Waals surface area contributed by atoms with Gasteiger partial charge >= 0.3 is 11.9 Å². The van der Waals surface area contributed by atoms with Crippen LogP contribution >= 0.6 is 0 Å². The largest absolute Gasteiger partial charge is 0.469 e. The van der Waals surface area contributed by atoms with Crippen LogP contribution in [0.3, 0.4) is 0 Å². The van der Waals surface area contributed by atoms with Gasteiger partial charge in [-0.1, -0.05) is 12.7 Å². The fourth-order valence-electron chi connectivity index (χ4n) is 1.09. The molecule has 0 aliphatic rings. The summed E-state index contributed by atoms with van der Waals surface area (Å²) in [5, 5.41) is 0. The average Bonchev–Trinajstić information content (AvgIpc) is 2.87. The SMILES string of the molecule is C=CC(=O)OCCOC(=O)C=CCc1ccco1. The van der Waals surface area contributed by atoms with Gasteiger partial charge in [-0.05, 0) is 12.1 Å². The smallest absolute Gasteiger partial charge is 0.330 e. The fourth-order valence-corrected chi connectivity index (χ4v) is 1.09. The van der Waals surface area contributed by atoms with Gasteiger partial charge in [0.1, 0.15) is 19.0 Å². The Bertz CT molecular complexity index is 417. The zero-order valence-electron chi connectivity index (χ0n) is 9.83. The molecule has 1 aromatic heterocycles. The van der Waals surface area contributed by atoms with Gasteiger partial charge in [0, 0.05) is 18.6 Å². The van der Waals surface area contributed by atoms with Gasteiger partial charge in [-0.25, -0.2) is 9.59 Å². The first-order chi connectivity index (χ1) is 8.72. The van der Waals surface area contributed by atoms with E-state index in [4.69, 9.17) is 9.15 Å². The number of ether oxygens (including phenoxy) is 2. The molecule has 96 valence electrons. The molecule has 0 saturated carbocycles. The summed E-state index contributed by atoms with van der Waals surface area (Å²) < 4.78 is 14.5. The van der Waals surface area contributed by atoms with Crippen LogP contribution in [-0.4, -0.2) is 25.2 Å². The molecule has 0 saturated heterocycles. The van der Waals surface area contributed by atoms with E-state index in [2.05, 4.69) is 11.3 Å². The standard InChI is InChI=1S/C13H14O5/c1-2-12(14)17-9-10-18-13(15)7-3-5-11-6-4-8-16-11/h2-4,6-8H,1,5,9-10H2. The van der Waals surface area contributed by atoms with Crippen LogP contribution in [-0.2, 0) is 25.5 Å². The third-order valence-corrected chi connectivity index (χ3v) is 1.89. The summed E-state index contributed by atoms with van der Waals surface area (Å²) in [4.78, 5) is 21.8. The minimum absolute atomic E-state index is 0.0165. The van der Waals surface area contributed by atoms with Crippen molar-refractivity contribution in [3.05, 3.63) is 49.0 Å². The van der Waals surface area contributed by atoms with Crippen LogP contribution in [0.25, 0.3) is 0 Å². The van der Waals surface area contributed by atoms with Crippen molar-refractivity contribution < 1.29 is 23.5 Å². The number of hydrogen-bond donors (Lipinski definition) is 0. The summed E-state index contributed by atoms with van der Waals surface area (Å²) in [6.07, 6.45) is 6.07. The van der Waals surface area contributed by atoms with Crippen LogP contribution in [0.1, 0.15) is 5.76 Å². The second-order valence-electron chi connectivity index (χ2n) is 3.22. The molecule has 0 amide bonds. The number of furan rings is 1. The Kier molecular flexibility index (Phi) is 6.03. The van der Waals surface area contributed by atoms with Gasteiger partial charge in [-0.15, -0.1) is 0 Å². The van der Waals surface area contributed by atoms with Gasteiger partial charge in [-0.2, -0.15) is 0 Å². The highest BCUT2D eigenvalue weighted by molar-refractivity contribution is 5.82. The van der Waals surface area contributed by atoms with E-state index in [1.165, 1.54) is 6.08 Å². The molecular formula is C13H14O5. The van der Waals surface area contributed by atoms with Crippen molar-refractivity contribution in [2.45, 2.75) is 6.42 Å². The first-order valence-corrected chi connectivity index (χ1v) is 5.37. The highest BCUT2D eigenvalue weighted by atomic mass is 16.6. The zero-order chi connectivity index (χ0) is 13.2. The Hall–Kier alpha value is -2.30. The predicted molar refractivity (Wildman–Crippen MR) is 63.7 cm³/mol. The summed E-state index contributed by atoms with van der Waals surface area (Å²) in [5.74, 6) is -0.269. The van der Waals surface area contributed by atoms with Crippen molar-refractivity contribution >= 4 is 11.9 Å². The molecule has 0 aliphatic heterocycles. The molecule has 5 heteroatoms.